The molecule has 1 saturated heterocycles. The third-order valence-corrected chi connectivity index (χ3v) is 3.00. The van der Waals surface area contributed by atoms with Crippen molar-refractivity contribution in [1.82, 2.24) is 4.90 Å². The first-order chi connectivity index (χ1) is 6.11. The van der Waals surface area contributed by atoms with Gasteiger partial charge >= 0.3 is 0 Å². The molecule has 1 fully saturated rings. The van der Waals surface area contributed by atoms with E-state index in [9.17, 15) is 4.79 Å². The Kier molecular flexibility index (Phi) is 3.12. The summed E-state index contributed by atoms with van der Waals surface area (Å²) in [7, 11) is 0. The van der Waals surface area contributed by atoms with Crippen LogP contribution in [0.3, 0.4) is 0 Å². The molecule has 1 amide bonds. The van der Waals surface area contributed by atoms with Gasteiger partial charge in [-0.1, -0.05) is 33.8 Å². The molecule has 0 bridgehead atoms. The highest BCUT2D eigenvalue weighted by molar-refractivity contribution is 5.97. The highest BCUT2D eigenvalue weighted by Gasteiger charge is 2.44. The lowest BCUT2D eigenvalue weighted by atomic mass is 9.89. The lowest BCUT2D eigenvalue weighted by Crippen LogP contribution is -2.11. The van der Waals surface area contributed by atoms with Crippen molar-refractivity contribution in [2.75, 3.05) is 0 Å². The van der Waals surface area contributed by atoms with E-state index in [0.717, 1.165) is 12.8 Å². The quantitative estimate of drug-likeness (QED) is 0.596. The summed E-state index contributed by atoms with van der Waals surface area (Å²) in [5.41, 5.74) is 0. The maximum absolute atomic E-state index is 11.2. The lowest BCUT2D eigenvalue weighted by molar-refractivity contribution is -0.113. The molecule has 0 aromatic carbocycles. The molecule has 2 unspecified atom stereocenters. The molecule has 0 aliphatic carbocycles. The van der Waals surface area contributed by atoms with Gasteiger partial charge in [-0.3, -0.25) is 4.79 Å². The average molecular weight is 181 g/mol. The fourth-order valence-corrected chi connectivity index (χ4v) is 1.86. The average Bonchev–Trinajstić information content (AvgIpc) is 2.71. The first kappa shape index (κ1) is 10.3. The largest absolute Gasteiger partial charge is 0.305 e. The summed E-state index contributed by atoms with van der Waals surface area (Å²) in [6.45, 7) is 10.2. The van der Waals surface area contributed by atoms with Crippen LogP contribution in [0.15, 0.2) is 12.8 Å². The summed E-state index contributed by atoms with van der Waals surface area (Å²) < 4.78 is 0. The van der Waals surface area contributed by atoms with Crippen molar-refractivity contribution in [3.63, 3.8) is 0 Å². The van der Waals surface area contributed by atoms with Crippen LogP contribution in [-0.2, 0) is 4.79 Å². The van der Waals surface area contributed by atoms with E-state index in [1.807, 2.05) is 0 Å². The maximum Gasteiger partial charge on any atom is 0.250 e. The van der Waals surface area contributed by atoms with Crippen LogP contribution in [0.25, 0.3) is 0 Å². The molecule has 74 valence electrons. The highest BCUT2D eigenvalue weighted by atomic mass is 16.2. The Morgan fingerprint density at radius 1 is 1.62 bits per heavy atom. The molecule has 0 N–H and O–H groups in total. The minimum atomic E-state index is 0.143. The van der Waals surface area contributed by atoms with E-state index in [0.29, 0.717) is 11.8 Å². The second-order valence-corrected chi connectivity index (χ2v) is 4.09. The second-order valence-electron chi connectivity index (χ2n) is 4.09. The van der Waals surface area contributed by atoms with Crippen molar-refractivity contribution in [1.29, 1.82) is 0 Å². The summed E-state index contributed by atoms with van der Waals surface area (Å²) >= 11 is 0. The zero-order valence-corrected chi connectivity index (χ0v) is 8.79. The molecule has 2 nitrogen and oxygen atoms in total. The van der Waals surface area contributed by atoms with Crippen molar-refractivity contribution in [3.8, 4) is 0 Å². The van der Waals surface area contributed by atoms with Gasteiger partial charge in [0.2, 0.25) is 5.91 Å². The van der Waals surface area contributed by atoms with Gasteiger partial charge in [-0.15, -0.1) is 0 Å². The molecule has 2 heteroatoms. The molecule has 1 aliphatic rings. The molecular formula is C11H19NO. The van der Waals surface area contributed by atoms with Crippen LogP contribution in [0.5, 0.6) is 0 Å². The predicted molar refractivity (Wildman–Crippen MR) is 54.1 cm³/mol. The minimum absolute atomic E-state index is 0.143. The highest BCUT2D eigenvalue weighted by Crippen LogP contribution is 2.31. The van der Waals surface area contributed by atoms with Gasteiger partial charge in [0.05, 0.1) is 0 Å². The van der Waals surface area contributed by atoms with Gasteiger partial charge in [-0.05, 0) is 18.3 Å². The molecule has 1 aliphatic heterocycles. The van der Waals surface area contributed by atoms with Crippen molar-refractivity contribution in [2.24, 2.45) is 11.8 Å². The zero-order chi connectivity index (χ0) is 10.0. The monoisotopic (exact) mass is 181 g/mol. The van der Waals surface area contributed by atoms with Crippen LogP contribution in [-0.4, -0.2) is 16.8 Å². The Morgan fingerprint density at radius 3 is 2.54 bits per heavy atom. The summed E-state index contributed by atoms with van der Waals surface area (Å²) in [6, 6.07) is 0.143. The number of amides is 1. The van der Waals surface area contributed by atoms with Crippen molar-refractivity contribution in [3.05, 3.63) is 12.8 Å². The van der Waals surface area contributed by atoms with Crippen LogP contribution < -0.4 is 0 Å². The number of carbonyl (C=O) groups is 1. The minimum Gasteiger partial charge on any atom is -0.305 e. The van der Waals surface area contributed by atoms with E-state index >= 15 is 0 Å². The van der Waals surface area contributed by atoms with Crippen LogP contribution in [0.1, 0.15) is 33.6 Å². The lowest BCUT2D eigenvalue weighted by Gasteiger charge is -2.17. The molecule has 13 heavy (non-hydrogen) atoms. The molecule has 0 saturated carbocycles. The molecule has 2 atom stereocenters. The van der Waals surface area contributed by atoms with Gasteiger partial charge < -0.3 is 4.90 Å². The van der Waals surface area contributed by atoms with Crippen molar-refractivity contribution in [2.45, 2.75) is 39.7 Å². The van der Waals surface area contributed by atoms with Gasteiger partial charge in [0, 0.05) is 6.20 Å². The Hall–Kier alpha value is -0.790. The van der Waals surface area contributed by atoms with Crippen LogP contribution in [0.4, 0.5) is 0 Å². The third kappa shape index (κ3) is 2.11. The number of carbonyl (C=O) groups excluding carboxylic acids is 1. The third-order valence-electron chi connectivity index (χ3n) is 3.00. The second kappa shape index (κ2) is 3.95. The van der Waals surface area contributed by atoms with Gasteiger partial charge in [-0.25, -0.2) is 0 Å². The molecular weight excluding hydrogens is 162 g/mol. The zero-order valence-electron chi connectivity index (χ0n) is 8.79. The number of hydrogen-bond donors (Lipinski definition) is 0. The van der Waals surface area contributed by atoms with Gasteiger partial charge in [0.15, 0.2) is 0 Å². The molecule has 0 spiro atoms. The van der Waals surface area contributed by atoms with Crippen LogP contribution in [0.2, 0.25) is 0 Å². The van der Waals surface area contributed by atoms with E-state index in [4.69, 9.17) is 0 Å². The fourth-order valence-electron chi connectivity index (χ4n) is 1.86. The SMILES string of the molecule is C=CN1C(=O)C1CC(CC)C(C)C. The Morgan fingerprint density at radius 2 is 2.23 bits per heavy atom. The summed E-state index contributed by atoms with van der Waals surface area (Å²) in [6.07, 6.45) is 3.80. The molecule has 1 rings (SSSR count). The first-order valence-electron chi connectivity index (χ1n) is 5.06. The molecule has 1 heterocycles. The van der Waals surface area contributed by atoms with Crippen LogP contribution in [0, 0.1) is 11.8 Å². The standard InChI is InChI=1S/C11H19NO/c1-5-9(8(3)4)7-10-11(13)12(10)6-2/h6,8-10H,2,5,7H2,1,3-4H3. The van der Waals surface area contributed by atoms with E-state index in [1.165, 1.54) is 0 Å². The van der Waals surface area contributed by atoms with E-state index in [1.54, 1.807) is 11.1 Å². The van der Waals surface area contributed by atoms with E-state index in [2.05, 4.69) is 27.4 Å². The Bertz CT molecular complexity index is 210. The topological polar surface area (TPSA) is 20.1 Å². The maximum atomic E-state index is 11.2. The summed E-state index contributed by atoms with van der Waals surface area (Å²) in [4.78, 5) is 12.9. The van der Waals surface area contributed by atoms with E-state index < -0.39 is 0 Å². The summed E-state index contributed by atoms with van der Waals surface area (Å²) in [5, 5.41) is 0. The van der Waals surface area contributed by atoms with Crippen molar-refractivity contribution >= 4 is 5.91 Å². The Labute approximate surface area is 80.6 Å². The van der Waals surface area contributed by atoms with E-state index in [-0.39, 0.29) is 11.9 Å². The first-order valence-corrected chi connectivity index (χ1v) is 5.06. The smallest absolute Gasteiger partial charge is 0.250 e. The van der Waals surface area contributed by atoms with Gasteiger partial charge in [-0.2, -0.15) is 0 Å². The molecule has 0 radical (unpaired) electrons. The van der Waals surface area contributed by atoms with Gasteiger partial charge in [0.1, 0.15) is 6.04 Å². The normalized spacial score (nSPS) is 23.5. The van der Waals surface area contributed by atoms with Crippen molar-refractivity contribution < 1.29 is 4.79 Å². The van der Waals surface area contributed by atoms with Gasteiger partial charge in [0.25, 0.3) is 0 Å². The Balaban J connectivity index is 2.40. The number of nitrogens with zero attached hydrogens (tertiary/aromatic N) is 1. The molecule has 0 aromatic heterocycles. The number of rotatable bonds is 5. The van der Waals surface area contributed by atoms with Crippen LogP contribution >= 0.6 is 0 Å². The number of hydrogen-bond acceptors (Lipinski definition) is 1. The molecule has 0 aromatic rings. The fraction of sp³-hybridized carbons (Fsp3) is 0.727. The predicted octanol–water partition coefficient (Wildman–Crippen LogP) is 2.41. The summed E-state index contributed by atoms with van der Waals surface area (Å²) in [5.74, 6) is 1.58.